The molecule has 1 saturated carbocycles. The standard InChI is InChI=1S/C17H28N2OS/c1-2-15-9-14(1)10-16(15)11-18-12-17(3-8-21-13-17)19-4-6-20-7-5-19/h1-2,14-16,18H,3-13H2/t14-,15-,16-,17-/m0/s1. The molecule has 0 amide bonds. The maximum Gasteiger partial charge on any atom is 0.0594 e. The van der Waals surface area contributed by atoms with Gasteiger partial charge >= 0.3 is 0 Å². The Morgan fingerprint density at radius 3 is 2.81 bits per heavy atom. The van der Waals surface area contributed by atoms with Crippen molar-refractivity contribution in [2.75, 3.05) is 50.9 Å². The van der Waals surface area contributed by atoms with Crippen LogP contribution >= 0.6 is 11.8 Å². The lowest BCUT2D eigenvalue weighted by Gasteiger charge is -2.43. The number of ether oxygens (including phenoxy) is 1. The molecule has 0 aromatic rings. The van der Waals surface area contributed by atoms with Crippen molar-refractivity contribution in [3.8, 4) is 0 Å². The number of hydrogen-bond donors (Lipinski definition) is 1. The third kappa shape index (κ3) is 2.92. The average Bonchev–Trinajstić information content (AvgIpc) is 3.25. The van der Waals surface area contributed by atoms with E-state index in [2.05, 4.69) is 34.1 Å². The van der Waals surface area contributed by atoms with Crippen molar-refractivity contribution in [2.45, 2.75) is 24.8 Å². The highest BCUT2D eigenvalue weighted by atomic mass is 32.2. The fourth-order valence-corrected chi connectivity index (χ4v) is 6.23. The van der Waals surface area contributed by atoms with Crippen molar-refractivity contribution in [1.29, 1.82) is 0 Å². The predicted octanol–water partition coefficient (Wildman–Crippen LogP) is 2.00. The maximum absolute atomic E-state index is 5.55. The van der Waals surface area contributed by atoms with Crippen LogP contribution in [0, 0.1) is 17.8 Å². The molecule has 2 heterocycles. The second-order valence-electron chi connectivity index (χ2n) is 7.30. The molecule has 0 aromatic carbocycles. The molecule has 2 bridgehead atoms. The number of fused-ring (bicyclic) bond motifs is 2. The summed E-state index contributed by atoms with van der Waals surface area (Å²) in [7, 11) is 0. The van der Waals surface area contributed by atoms with Gasteiger partial charge in [0.25, 0.3) is 0 Å². The Morgan fingerprint density at radius 1 is 1.24 bits per heavy atom. The van der Waals surface area contributed by atoms with Crippen molar-refractivity contribution in [3.05, 3.63) is 12.2 Å². The SMILES string of the molecule is C1=C[C@H]2C[C@H]1C[C@H]2CNC[C@@]1(N2CCOCC2)CCSC1. The summed E-state index contributed by atoms with van der Waals surface area (Å²) >= 11 is 2.14. The van der Waals surface area contributed by atoms with Gasteiger partial charge in [-0.1, -0.05) is 12.2 Å². The number of thioether (sulfide) groups is 1. The van der Waals surface area contributed by atoms with Crippen LogP contribution in [0.1, 0.15) is 19.3 Å². The normalized spacial score (nSPS) is 43.0. The van der Waals surface area contributed by atoms with E-state index in [4.69, 9.17) is 4.74 Å². The summed E-state index contributed by atoms with van der Waals surface area (Å²) in [5.74, 6) is 5.31. The van der Waals surface area contributed by atoms with Crippen molar-refractivity contribution < 1.29 is 4.74 Å². The van der Waals surface area contributed by atoms with Crippen LogP contribution in [-0.2, 0) is 4.74 Å². The second kappa shape index (κ2) is 6.23. The Morgan fingerprint density at radius 2 is 2.14 bits per heavy atom. The summed E-state index contributed by atoms with van der Waals surface area (Å²) in [4.78, 5) is 2.71. The molecule has 3 fully saturated rings. The number of rotatable bonds is 5. The Kier molecular flexibility index (Phi) is 4.32. The van der Waals surface area contributed by atoms with Gasteiger partial charge < -0.3 is 10.1 Å². The topological polar surface area (TPSA) is 24.5 Å². The van der Waals surface area contributed by atoms with Crippen molar-refractivity contribution in [2.24, 2.45) is 17.8 Å². The van der Waals surface area contributed by atoms with Crippen molar-refractivity contribution >= 4 is 11.8 Å². The van der Waals surface area contributed by atoms with E-state index >= 15 is 0 Å². The summed E-state index contributed by atoms with van der Waals surface area (Å²) in [5.41, 5.74) is 0.405. The molecular weight excluding hydrogens is 280 g/mol. The lowest BCUT2D eigenvalue weighted by atomic mass is 9.92. The van der Waals surface area contributed by atoms with Crippen molar-refractivity contribution in [3.63, 3.8) is 0 Å². The zero-order valence-electron chi connectivity index (χ0n) is 12.9. The molecule has 0 radical (unpaired) electrons. The average molecular weight is 308 g/mol. The van der Waals surface area contributed by atoms with Crippen LogP contribution < -0.4 is 5.32 Å². The predicted molar refractivity (Wildman–Crippen MR) is 88.8 cm³/mol. The third-order valence-corrected chi connectivity index (χ3v) is 7.28. The fourth-order valence-electron chi connectivity index (χ4n) is 4.75. The van der Waals surface area contributed by atoms with E-state index in [1.54, 1.807) is 0 Å². The first-order valence-corrected chi connectivity index (χ1v) is 9.81. The van der Waals surface area contributed by atoms with Crippen molar-refractivity contribution in [1.82, 2.24) is 10.2 Å². The first kappa shape index (κ1) is 14.6. The molecule has 0 spiro atoms. The van der Waals surface area contributed by atoms with E-state index in [0.717, 1.165) is 44.1 Å². The minimum Gasteiger partial charge on any atom is -0.379 e. The Hall–Kier alpha value is -0.0300. The molecular formula is C17H28N2OS. The number of hydrogen-bond acceptors (Lipinski definition) is 4. The van der Waals surface area contributed by atoms with Gasteiger partial charge in [-0.3, -0.25) is 4.90 Å². The molecule has 21 heavy (non-hydrogen) atoms. The molecule has 2 aliphatic heterocycles. The Bertz CT molecular complexity index is 388. The number of nitrogens with zero attached hydrogens (tertiary/aromatic N) is 1. The van der Waals surface area contributed by atoms with E-state index < -0.39 is 0 Å². The molecule has 0 aromatic heterocycles. The molecule has 1 N–H and O–H groups in total. The highest BCUT2D eigenvalue weighted by molar-refractivity contribution is 7.99. The smallest absolute Gasteiger partial charge is 0.0594 e. The van der Waals surface area contributed by atoms with E-state index in [1.807, 2.05) is 0 Å². The van der Waals surface area contributed by atoms with Crippen LogP contribution in [0.25, 0.3) is 0 Å². The zero-order chi connectivity index (χ0) is 14.1. The minimum atomic E-state index is 0.405. The third-order valence-electron chi connectivity index (χ3n) is 6.04. The summed E-state index contributed by atoms with van der Waals surface area (Å²) < 4.78 is 5.55. The molecule has 118 valence electrons. The first-order chi connectivity index (χ1) is 10.4. The Labute approximate surface area is 132 Å². The fraction of sp³-hybridized carbons (Fsp3) is 0.882. The van der Waals surface area contributed by atoms with Crippen LogP contribution in [-0.4, -0.2) is 61.3 Å². The summed E-state index contributed by atoms with van der Waals surface area (Å²) in [5, 5.41) is 3.86. The minimum absolute atomic E-state index is 0.405. The number of morpholine rings is 1. The molecule has 4 rings (SSSR count). The molecule has 0 unspecified atom stereocenters. The highest BCUT2D eigenvalue weighted by Gasteiger charge is 2.41. The second-order valence-corrected chi connectivity index (χ2v) is 8.40. The van der Waals surface area contributed by atoms with E-state index in [0.29, 0.717) is 5.54 Å². The lowest BCUT2D eigenvalue weighted by molar-refractivity contribution is -0.0135. The highest BCUT2D eigenvalue weighted by Crippen LogP contribution is 2.43. The van der Waals surface area contributed by atoms with Crippen LogP contribution in [0.5, 0.6) is 0 Å². The van der Waals surface area contributed by atoms with Gasteiger partial charge in [0.05, 0.1) is 13.2 Å². The van der Waals surface area contributed by atoms with Crippen LogP contribution in [0.15, 0.2) is 12.2 Å². The lowest BCUT2D eigenvalue weighted by Crippen LogP contribution is -2.58. The van der Waals surface area contributed by atoms with Gasteiger partial charge in [-0.25, -0.2) is 0 Å². The van der Waals surface area contributed by atoms with Gasteiger partial charge in [-0.05, 0) is 49.3 Å². The first-order valence-electron chi connectivity index (χ1n) is 8.65. The van der Waals surface area contributed by atoms with Gasteiger partial charge in [0.2, 0.25) is 0 Å². The number of nitrogens with one attached hydrogen (secondary N) is 1. The van der Waals surface area contributed by atoms with E-state index in [-0.39, 0.29) is 0 Å². The Balaban J connectivity index is 1.31. The maximum atomic E-state index is 5.55. The largest absolute Gasteiger partial charge is 0.379 e. The summed E-state index contributed by atoms with van der Waals surface area (Å²) in [6.07, 6.45) is 9.12. The van der Waals surface area contributed by atoms with Crippen LogP contribution in [0.2, 0.25) is 0 Å². The zero-order valence-corrected chi connectivity index (χ0v) is 13.7. The van der Waals surface area contributed by atoms with Crippen LogP contribution in [0.4, 0.5) is 0 Å². The molecule has 4 heteroatoms. The molecule has 2 saturated heterocycles. The number of allylic oxidation sites excluding steroid dienone is 2. The molecule has 3 nitrogen and oxygen atoms in total. The van der Waals surface area contributed by atoms with E-state index in [9.17, 15) is 0 Å². The van der Waals surface area contributed by atoms with Gasteiger partial charge in [0, 0.05) is 30.9 Å². The molecule has 4 aliphatic rings. The van der Waals surface area contributed by atoms with E-state index in [1.165, 1.54) is 43.9 Å². The quantitative estimate of drug-likeness (QED) is 0.785. The van der Waals surface area contributed by atoms with Gasteiger partial charge in [-0.15, -0.1) is 0 Å². The monoisotopic (exact) mass is 308 g/mol. The summed E-state index contributed by atoms with van der Waals surface area (Å²) in [6.45, 7) is 6.49. The summed E-state index contributed by atoms with van der Waals surface area (Å²) in [6, 6.07) is 0. The molecule has 4 atom stereocenters. The van der Waals surface area contributed by atoms with Gasteiger partial charge in [0.15, 0.2) is 0 Å². The van der Waals surface area contributed by atoms with Crippen LogP contribution in [0.3, 0.4) is 0 Å². The van der Waals surface area contributed by atoms with Gasteiger partial charge in [-0.2, -0.15) is 11.8 Å². The molecule has 2 aliphatic carbocycles. The van der Waals surface area contributed by atoms with Gasteiger partial charge in [0.1, 0.15) is 0 Å².